The third-order valence-electron chi connectivity index (χ3n) is 6.00. The van der Waals surface area contributed by atoms with Crippen LogP contribution in [0.3, 0.4) is 0 Å². The van der Waals surface area contributed by atoms with E-state index in [1.165, 1.54) is 0 Å². The first-order valence-electron chi connectivity index (χ1n) is 9.23. The van der Waals surface area contributed by atoms with Crippen LogP contribution in [0.5, 0.6) is 0 Å². The van der Waals surface area contributed by atoms with Crippen LogP contribution >= 0.6 is 61.7 Å². The molecule has 4 nitrogen and oxygen atoms in total. The van der Waals surface area contributed by atoms with Crippen LogP contribution in [0.25, 0.3) is 10.9 Å². The van der Waals surface area contributed by atoms with Crippen molar-refractivity contribution in [3.63, 3.8) is 0 Å². The summed E-state index contributed by atoms with van der Waals surface area (Å²) in [5, 5.41) is 2.03. The molecule has 0 radical (unpaired) electrons. The summed E-state index contributed by atoms with van der Waals surface area (Å²) in [4.78, 5) is 11.1. The van der Waals surface area contributed by atoms with E-state index < -0.39 is 8.32 Å². The van der Waals surface area contributed by atoms with Gasteiger partial charge in [-0.1, -0.05) is 32.4 Å². The normalized spacial score (nSPS) is 20.4. The molecule has 1 fully saturated rings. The fourth-order valence-corrected chi connectivity index (χ4v) is 6.03. The number of nitrogens with zero attached hydrogens (tertiary/aromatic N) is 3. The van der Waals surface area contributed by atoms with E-state index in [-0.39, 0.29) is 10.3 Å². The van der Waals surface area contributed by atoms with Gasteiger partial charge in [0.2, 0.25) is 5.28 Å². The highest BCUT2D eigenvalue weighted by molar-refractivity contribution is 14.1. The molecule has 28 heavy (non-hydrogen) atoms. The van der Waals surface area contributed by atoms with Crippen LogP contribution in [0.2, 0.25) is 28.4 Å². The Morgan fingerprint density at radius 2 is 1.86 bits per heavy atom. The van der Waals surface area contributed by atoms with Gasteiger partial charge < -0.3 is 9.33 Å². The number of fused-ring (bicyclic) bond motifs is 1. The molecular weight excluding hydrogens is 592 g/mol. The highest BCUT2D eigenvalue weighted by atomic mass is 127. The molecule has 0 bridgehead atoms. The number of hydrogen-bond donors (Lipinski definition) is 0. The highest BCUT2D eigenvalue weighted by Crippen LogP contribution is 2.42. The number of aromatic nitrogens is 2. The average molecular weight is 617 g/mol. The summed E-state index contributed by atoms with van der Waals surface area (Å²) >= 11 is 18.4. The molecular formula is C19H25BrCl2IN3OSi. The Kier molecular flexibility index (Phi) is 6.66. The number of anilines is 1. The van der Waals surface area contributed by atoms with Gasteiger partial charge in [-0.05, 0) is 87.2 Å². The van der Waals surface area contributed by atoms with E-state index in [4.69, 9.17) is 27.6 Å². The number of halogens is 4. The summed E-state index contributed by atoms with van der Waals surface area (Å²) in [6.45, 7) is 11.5. The molecule has 2 aromatic rings. The average Bonchev–Trinajstić information content (AvgIpc) is 2.54. The van der Waals surface area contributed by atoms with Crippen LogP contribution in [0.4, 0.5) is 5.82 Å². The van der Waals surface area contributed by atoms with E-state index in [2.05, 4.69) is 94.3 Å². The van der Waals surface area contributed by atoms with Gasteiger partial charge in [0, 0.05) is 24.6 Å². The third kappa shape index (κ3) is 4.35. The molecule has 0 spiro atoms. The van der Waals surface area contributed by atoms with E-state index in [1.807, 2.05) is 6.07 Å². The maximum Gasteiger partial charge on any atom is 0.224 e. The topological polar surface area (TPSA) is 38.2 Å². The molecule has 1 saturated carbocycles. The van der Waals surface area contributed by atoms with Gasteiger partial charge in [0.15, 0.2) is 8.32 Å². The Balaban J connectivity index is 1.83. The van der Waals surface area contributed by atoms with Gasteiger partial charge in [0.25, 0.3) is 0 Å². The molecule has 0 N–H and O–H groups in total. The van der Waals surface area contributed by atoms with Gasteiger partial charge in [-0.3, -0.25) is 0 Å². The molecule has 1 aromatic carbocycles. The smallest absolute Gasteiger partial charge is 0.224 e. The summed E-state index contributed by atoms with van der Waals surface area (Å²) in [5.41, 5.74) is 0.812. The lowest BCUT2D eigenvalue weighted by Crippen LogP contribution is -2.53. The van der Waals surface area contributed by atoms with Crippen molar-refractivity contribution in [2.24, 2.45) is 0 Å². The zero-order valence-corrected chi connectivity index (χ0v) is 23.2. The summed E-state index contributed by atoms with van der Waals surface area (Å²) in [7, 11) is 0.320. The first-order valence-corrected chi connectivity index (χ1v) is 14.8. The van der Waals surface area contributed by atoms with Crippen molar-refractivity contribution in [1.82, 2.24) is 9.97 Å². The van der Waals surface area contributed by atoms with Crippen LogP contribution in [0.1, 0.15) is 33.6 Å². The van der Waals surface area contributed by atoms with Gasteiger partial charge in [0.1, 0.15) is 5.82 Å². The quantitative estimate of drug-likeness (QED) is 0.156. The Labute approximate surface area is 200 Å². The molecule has 0 atom stereocenters. The van der Waals surface area contributed by atoms with Crippen molar-refractivity contribution in [2.75, 3.05) is 11.9 Å². The second kappa shape index (κ2) is 8.11. The van der Waals surface area contributed by atoms with Gasteiger partial charge >= 0.3 is 0 Å². The minimum atomic E-state index is -1.74. The van der Waals surface area contributed by atoms with E-state index >= 15 is 0 Å². The number of hydrogen-bond acceptors (Lipinski definition) is 4. The summed E-state index contributed by atoms with van der Waals surface area (Å²) < 4.78 is 8.31. The standard InChI is InChI=1S/C19H25BrCl2IN3OSi/c1-19(2,3)28(5,6)27-11-7-10(8-11)26(4)17-12-9-13(21)14(20)15(23)16(12)24-18(22)25-17/h9-11H,7-8H2,1-6H3. The number of rotatable bonds is 4. The van der Waals surface area contributed by atoms with Crippen molar-refractivity contribution >= 4 is 86.8 Å². The third-order valence-corrected chi connectivity index (χ3v) is 13.8. The predicted octanol–water partition coefficient (Wildman–Crippen LogP) is 7.29. The molecule has 3 rings (SSSR count). The van der Waals surface area contributed by atoms with Crippen molar-refractivity contribution in [1.29, 1.82) is 0 Å². The Morgan fingerprint density at radius 1 is 1.25 bits per heavy atom. The highest BCUT2D eigenvalue weighted by Gasteiger charge is 2.43. The molecule has 154 valence electrons. The first kappa shape index (κ1) is 23.0. The summed E-state index contributed by atoms with van der Waals surface area (Å²) in [6.07, 6.45) is 2.30. The lowest BCUT2D eigenvalue weighted by Gasteiger charge is -2.47. The molecule has 1 aromatic heterocycles. The van der Waals surface area contributed by atoms with Crippen molar-refractivity contribution < 1.29 is 4.43 Å². The largest absolute Gasteiger partial charge is 0.414 e. The fraction of sp³-hybridized carbons (Fsp3) is 0.579. The van der Waals surface area contributed by atoms with Gasteiger partial charge in [0.05, 0.1) is 18.6 Å². The van der Waals surface area contributed by atoms with Crippen LogP contribution < -0.4 is 4.90 Å². The van der Waals surface area contributed by atoms with Gasteiger partial charge in [-0.2, -0.15) is 4.98 Å². The summed E-state index contributed by atoms with van der Waals surface area (Å²) in [5.74, 6) is 0.818. The van der Waals surface area contributed by atoms with Crippen LogP contribution in [-0.4, -0.2) is 37.5 Å². The van der Waals surface area contributed by atoms with E-state index in [1.54, 1.807) is 0 Å². The van der Waals surface area contributed by atoms with Gasteiger partial charge in [-0.25, -0.2) is 4.98 Å². The van der Waals surface area contributed by atoms with Crippen LogP contribution in [0.15, 0.2) is 10.5 Å². The molecule has 9 heteroatoms. The van der Waals surface area contributed by atoms with Crippen molar-refractivity contribution in [3.8, 4) is 0 Å². The van der Waals surface area contributed by atoms with Gasteiger partial charge in [-0.15, -0.1) is 0 Å². The maximum absolute atomic E-state index is 6.54. The Morgan fingerprint density at radius 3 is 2.43 bits per heavy atom. The van der Waals surface area contributed by atoms with E-state index in [0.717, 1.165) is 37.6 Å². The lowest BCUT2D eigenvalue weighted by atomic mass is 9.88. The molecule has 0 saturated heterocycles. The summed E-state index contributed by atoms with van der Waals surface area (Å²) in [6, 6.07) is 2.28. The van der Waals surface area contributed by atoms with E-state index in [9.17, 15) is 0 Å². The van der Waals surface area contributed by atoms with E-state index in [0.29, 0.717) is 17.2 Å². The Hall–Kier alpha value is 0.327. The monoisotopic (exact) mass is 615 g/mol. The minimum Gasteiger partial charge on any atom is -0.414 e. The first-order chi connectivity index (χ1) is 12.8. The molecule has 0 amide bonds. The number of benzene rings is 1. The minimum absolute atomic E-state index is 0.223. The second-order valence-electron chi connectivity index (χ2n) is 8.94. The fourth-order valence-electron chi connectivity index (χ4n) is 3.12. The molecule has 1 aliphatic carbocycles. The van der Waals surface area contributed by atoms with Crippen LogP contribution in [0, 0.1) is 3.57 Å². The zero-order valence-electron chi connectivity index (χ0n) is 16.9. The second-order valence-corrected chi connectivity index (χ2v) is 16.3. The molecule has 1 heterocycles. The van der Waals surface area contributed by atoms with Crippen molar-refractivity contribution in [2.45, 2.75) is 63.9 Å². The predicted molar refractivity (Wildman–Crippen MR) is 133 cm³/mol. The SMILES string of the molecule is CN(c1nc(Cl)nc2c(I)c(Br)c(Cl)cc12)C1CC(O[Si](C)(C)C(C)(C)C)C1. The molecule has 0 unspecified atom stereocenters. The van der Waals surface area contributed by atoms with Crippen LogP contribution in [-0.2, 0) is 4.43 Å². The molecule has 1 aliphatic rings. The molecule has 0 aliphatic heterocycles. The lowest BCUT2D eigenvalue weighted by molar-refractivity contribution is 0.0843. The van der Waals surface area contributed by atoms with Crippen molar-refractivity contribution in [3.05, 3.63) is 24.4 Å². The maximum atomic E-state index is 6.54. The zero-order chi connectivity index (χ0) is 21.0. The Bertz CT molecular complexity index is 916.